The average molecular weight is 287 g/mol. The summed E-state index contributed by atoms with van der Waals surface area (Å²) in [4.78, 5) is 9.09. The molecule has 3 heterocycles. The van der Waals surface area contributed by atoms with Crippen molar-refractivity contribution in [3.8, 4) is 0 Å². The monoisotopic (exact) mass is 287 g/mol. The quantitative estimate of drug-likeness (QED) is 0.942. The van der Waals surface area contributed by atoms with Crippen LogP contribution < -0.4 is 5.32 Å². The number of rotatable bonds is 3. The number of hydrogen-bond donors (Lipinski definition) is 1. The Hall–Kier alpha value is -1.62. The maximum Gasteiger partial charge on any atom is 0.114 e. The SMILES string of the molecule is CC(Cn1ccnc1)n1c(C(C)(C)C)nc2c1CCNC2. The molecule has 0 spiro atoms. The first-order valence-electron chi connectivity index (χ1n) is 7.73. The third kappa shape index (κ3) is 2.75. The van der Waals surface area contributed by atoms with E-state index < -0.39 is 0 Å². The van der Waals surface area contributed by atoms with Crippen LogP contribution >= 0.6 is 0 Å². The summed E-state index contributed by atoms with van der Waals surface area (Å²) in [6, 6.07) is 0.378. The molecule has 3 rings (SSSR count). The number of hydrogen-bond acceptors (Lipinski definition) is 3. The van der Waals surface area contributed by atoms with Gasteiger partial charge in [0.2, 0.25) is 0 Å². The highest BCUT2D eigenvalue weighted by molar-refractivity contribution is 5.24. The van der Waals surface area contributed by atoms with Gasteiger partial charge in [-0.1, -0.05) is 20.8 Å². The molecule has 0 aromatic carbocycles. The van der Waals surface area contributed by atoms with E-state index in [1.54, 1.807) is 0 Å². The molecule has 0 saturated carbocycles. The van der Waals surface area contributed by atoms with Gasteiger partial charge in [-0.25, -0.2) is 9.97 Å². The van der Waals surface area contributed by atoms with Crippen molar-refractivity contribution < 1.29 is 0 Å². The molecule has 1 unspecified atom stereocenters. The van der Waals surface area contributed by atoms with Crippen molar-refractivity contribution in [1.82, 2.24) is 24.4 Å². The van der Waals surface area contributed by atoms with Gasteiger partial charge >= 0.3 is 0 Å². The second kappa shape index (κ2) is 5.30. The van der Waals surface area contributed by atoms with Crippen molar-refractivity contribution in [2.24, 2.45) is 0 Å². The van der Waals surface area contributed by atoms with Crippen molar-refractivity contribution in [1.29, 1.82) is 0 Å². The van der Waals surface area contributed by atoms with Gasteiger partial charge in [-0.05, 0) is 6.92 Å². The van der Waals surface area contributed by atoms with E-state index in [1.807, 2.05) is 18.7 Å². The summed E-state index contributed by atoms with van der Waals surface area (Å²) < 4.78 is 4.61. The zero-order chi connectivity index (χ0) is 15.0. The standard InChI is InChI=1S/C16H25N5/c1-12(10-20-8-7-18-11-20)21-14-5-6-17-9-13(14)19-15(21)16(2,3)4/h7-8,11-12,17H,5-6,9-10H2,1-4H3. The fourth-order valence-corrected chi connectivity index (χ4v) is 3.12. The minimum atomic E-state index is 0.0561. The van der Waals surface area contributed by atoms with Crippen LogP contribution in [0.15, 0.2) is 18.7 Å². The van der Waals surface area contributed by atoms with E-state index in [9.17, 15) is 0 Å². The van der Waals surface area contributed by atoms with E-state index in [2.05, 4.69) is 47.1 Å². The van der Waals surface area contributed by atoms with Crippen molar-refractivity contribution >= 4 is 0 Å². The fourth-order valence-electron chi connectivity index (χ4n) is 3.12. The Bertz CT molecular complexity index is 603. The number of nitrogens with zero attached hydrogens (tertiary/aromatic N) is 4. The molecule has 1 atom stereocenters. The third-order valence-electron chi connectivity index (χ3n) is 4.07. The molecule has 21 heavy (non-hydrogen) atoms. The van der Waals surface area contributed by atoms with E-state index >= 15 is 0 Å². The third-order valence-corrected chi connectivity index (χ3v) is 4.07. The molecular formula is C16H25N5. The molecule has 114 valence electrons. The zero-order valence-corrected chi connectivity index (χ0v) is 13.4. The highest BCUT2D eigenvalue weighted by Crippen LogP contribution is 2.29. The van der Waals surface area contributed by atoms with Gasteiger partial charge in [0.05, 0.1) is 18.1 Å². The lowest BCUT2D eigenvalue weighted by Crippen LogP contribution is -2.28. The van der Waals surface area contributed by atoms with E-state index in [1.165, 1.54) is 17.2 Å². The molecule has 2 aromatic rings. The molecule has 1 N–H and O–H groups in total. The zero-order valence-electron chi connectivity index (χ0n) is 13.4. The topological polar surface area (TPSA) is 47.7 Å². The molecule has 0 saturated heterocycles. The van der Waals surface area contributed by atoms with E-state index in [0.717, 1.165) is 26.1 Å². The Morgan fingerprint density at radius 3 is 2.86 bits per heavy atom. The largest absolute Gasteiger partial charge is 0.335 e. The summed E-state index contributed by atoms with van der Waals surface area (Å²) in [5.74, 6) is 1.20. The first-order valence-corrected chi connectivity index (χ1v) is 7.73. The van der Waals surface area contributed by atoms with Crippen LogP contribution in [0, 0.1) is 0 Å². The molecule has 2 aromatic heterocycles. The van der Waals surface area contributed by atoms with Crippen LogP contribution in [0.4, 0.5) is 0 Å². The highest BCUT2D eigenvalue weighted by Gasteiger charge is 2.29. The Kier molecular flexibility index (Phi) is 3.61. The van der Waals surface area contributed by atoms with Crippen LogP contribution in [-0.2, 0) is 24.9 Å². The van der Waals surface area contributed by atoms with Crippen LogP contribution in [0.2, 0.25) is 0 Å². The van der Waals surface area contributed by atoms with Gasteiger partial charge < -0.3 is 14.5 Å². The number of nitrogens with one attached hydrogen (secondary N) is 1. The van der Waals surface area contributed by atoms with Crippen LogP contribution in [0.1, 0.15) is 50.9 Å². The van der Waals surface area contributed by atoms with Crippen molar-refractivity contribution in [3.05, 3.63) is 35.9 Å². The fraction of sp³-hybridized carbons (Fsp3) is 0.625. The molecule has 5 nitrogen and oxygen atoms in total. The average Bonchev–Trinajstić information content (AvgIpc) is 3.03. The summed E-state index contributed by atoms with van der Waals surface area (Å²) in [5, 5.41) is 3.43. The van der Waals surface area contributed by atoms with Gasteiger partial charge in [-0.15, -0.1) is 0 Å². The molecule has 0 radical (unpaired) electrons. The first kappa shape index (κ1) is 14.3. The van der Waals surface area contributed by atoms with E-state index in [4.69, 9.17) is 4.98 Å². The first-order chi connectivity index (χ1) is 9.97. The summed E-state index contributed by atoms with van der Waals surface area (Å²) in [6.45, 7) is 11.9. The molecule has 1 aliphatic rings. The maximum absolute atomic E-state index is 4.95. The van der Waals surface area contributed by atoms with Gasteiger partial charge in [0, 0.05) is 49.6 Å². The molecule has 1 aliphatic heterocycles. The highest BCUT2D eigenvalue weighted by atomic mass is 15.2. The Morgan fingerprint density at radius 2 is 2.19 bits per heavy atom. The van der Waals surface area contributed by atoms with E-state index in [-0.39, 0.29) is 5.41 Å². The maximum atomic E-state index is 4.95. The molecule has 0 bridgehead atoms. The van der Waals surface area contributed by atoms with Gasteiger partial charge in [0.15, 0.2) is 0 Å². The van der Waals surface area contributed by atoms with Crippen LogP contribution in [-0.4, -0.2) is 25.6 Å². The van der Waals surface area contributed by atoms with Crippen molar-refractivity contribution in [2.75, 3.05) is 6.54 Å². The number of fused-ring (bicyclic) bond motifs is 1. The van der Waals surface area contributed by atoms with Crippen LogP contribution in [0.3, 0.4) is 0 Å². The number of aromatic nitrogens is 4. The summed E-state index contributed by atoms with van der Waals surface area (Å²) in [5.41, 5.74) is 2.69. The Labute approximate surface area is 126 Å². The summed E-state index contributed by atoms with van der Waals surface area (Å²) in [7, 11) is 0. The lowest BCUT2D eigenvalue weighted by Gasteiger charge is -2.26. The predicted octanol–water partition coefficient (Wildman–Crippen LogP) is 2.28. The molecule has 0 amide bonds. The Balaban J connectivity index is 2.00. The summed E-state index contributed by atoms with van der Waals surface area (Å²) in [6.07, 6.45) is 6.81. The minimum Gasteiger partial charge on any atom is -0.335 e. The summed E-state index contributed by atoms with van der Waals surface area (Å²) >= 11 is 0. The van der Waals surface area contributed by atoms with Gasteiger partial charge in [-0.3, -0.25) is 0 Å². The Morgan fingerprint density at radius 1 is 1.38 bits per heavy atom. The van der Waals surface area contributed by atoms with Gasteiger partial charge in [0.25, 0.3) is 0 Å². The molecule has 0 aliphatic carbocycles. The lowest BCUT2D eigenvalue weighted by molar-refractivity contribution is 0.400. The predicted molar refractivity (Wildman–Crippen MR) is 83.3 cm³/mol. The lowest BCUT2D eigenvalue weighted by atomic mass is 9.95. The minimum absolute atomic E-state index is 0.0561. The second-order valence-electron chi connectivity index (χ2n) is 6.98. The van der Waals surface area contributed by atoms with Crippen LogP contribution in [0.5, 0.6) is 0 Å². The molecular weight excluding hydrogens is 262 g/mol. The smallest absolute Gasteiger partial charge is 0.114 e. The number of imidazole rings is 2. The van der Waals surface area contributed by atoms with Crippen molar-refractivity contribution in [2.45, 2.75) is 58.7 Å². The molecule has 0 fully saturated rings. The van der Waals surface area contributed by atoms with E-state index in [0.29, 0.717) is 6.04 Å². The molecule has 5 heteroatoms. The van der Waals surface area contributed by atoms with Crippen LogP contribution in [0.25, 0.3) is 0 Å². The van der Waals surface area contributed by atoms with Gasteiger partial charge in [-0.2, -0.15) is 0 Å². The normalized spacial score (nSPS) is 16.8. The van der Waals surface area contributed by atoms with Crippen molar-refractivity contribution in [3.63, 3.8) is 0 Å². The second-order valence-corrected chi connectivity index (χ2v) is 6.98. The van der Waals surface area contributed by atoms with Gasteiger partial charge in [0.1, 0.15) is 5.82 Å².